The number of carbonyl (C=O) groups excluding carboxylic acids is 1. The van der Waals surface area contributed by atoms with Gasteiger partial charge in [0.25, 0.3) is 0 Å². The third-order valence-electron chi connectivity index (χ3n) is 4.03. The van der Waals surface area contributed by atoms with Crippen molar-refractivity contribution in [2.45, 2.75) is 26.7 Å². The summed E-state index contributed by atoms with van der Waals surface area (Å²) < 4.78 is 13.2. The fourth-order valence-corrected chi connectivity index (χ4v) is 3.57. The molecule has 28 heavy (non-hydrogen) atoms. The third kappa shape index (κ3) is 8.52. The van der Waals surface area contributed by atoms with Crippen LogP contribution in [0.15, 0.2) is 46.8 Å². The Bertz CT molecular complexity index is 749. The van der Waals surface area contributed by atoms with E-state index in [1.807, 2.05) is 6.92 Å². The van der Waals surface area contributed by atoms with Crippen molar-refractivity contribution in [1.29, 1.82) is 0 Å². The highest BCUT2D eigenvalue weighted by molar-refractivity contribution is 7.09. The van der Waals surface area contributed by atoms with Crippen LogP contribution in [0.5, 0.6) is 0 Å². The summed E-state index contributed by atoms with van der Waals surface area (Å²) in [7, 11) is 0. The van der Waals surface area contributed by atoms with Gasteiger partial charge in [0.1, 0.15) is 5.82 Å². The number of guanidine groups is 1. The smallest absolute Gasteiger partial charge is 0.224 e. The van der Waals surface area contributed by atoms with E-state index in [2.05, 4.69) is 45.4 Å². The summed E-state index contributed by atoms with van der Waals surface area (Å²) in [6.07, 6.45) is 1.20. The first-order valence-corrected chi connectivity index (χ1v) is 10.5. The Morgan fingerprint density at radius 2 is 2.00 bits per heavy atom. The third-order valence-corrected chi connectivity index (χ3v) is 4.93. The van der Waals surface area contributed by atoms with Crippen LogP contribution >= 0.6 is 11.3 Å². The van der Waals surface area contributed by atoms with E-state index in [0.29, 0.717) is 24.6 Å². The first-order valence-electron chi connectivity index (χ1n) is 9.62. The second-order valence-electron chi connectivity index (χ2n) is 6.69. The highest BCUT2D eigenvalue weighted by atomic mass is 32.1. The van der Waals surface area contributed by atoms with E-state index in [-0.39, 0.29) is 18.1 Å². The maximum absolute atomic E-state index is 13.2. The molecular formula is C21H29FN4OS. The average molecular weight is 405 g/mol. The lowest BCUT2D eigenvalue weighted by molar-refractivity contribution is -0.120. The molecule has 7 heteroatoms. The average Bonchev–Trinajstić information content (AvgIpc) is 3.16. The summed E-state index contributed by atoms with van der Waals surface area (Å²) in [6, 6.07) is 10.3. The molecule has 0 fully saturated rings. The Balaban J connectivity index is 1.69. The van der Waals surface area contributed by atoms with Crippen molar-refractivity contribution in [2.24, 2.45) is 10.9 Å². The zero-order chi connectivity index (χ0) is 20.2. The van der Waals surface area contributed by atoms with Crippen molar-refractivity contribution in [3.05, 3.63) is 58.0 Å². The van der Waals surface area contributed by atoms with E-state index in [1.165, 1.54) is 17.0 Å². The molecule has 1 amide bonds. The number of nitrogens with one attached hydrogen (secondary N) is 3. The van der Waals surface area contributed by atoms with E-state index in [4.69, 9.17) is 0 Å². The molecule has 152 valence electrons. The second-order valence-corrected chi connectivity index (χ2v) is 7.72. The molecule has 0 aliphatic rings. The van der Waals surface area contributed by atoms with Crippen molar-refractivity contribution < 1.29 is 9.18 Å². The zero-order valence-electron chi connectivity index (χ0n) is 16.5. The highest BCUT2D eigenvalue weighted by Gasteiger charge is 2.06. The fraction of sp³-hybridized carbons (Fsp3) is 0.429. The molecule has 3 N–H and O–H groups in total. The van der Waals surface area contributed by atoms with Crippen LogP contribution in [-0.2, 0) is 17.6 Å². The first kappa shape index (κ1) is 21.9. The standard InChI is InChI=1S/C21H29FN4OS/c1-3-23-21(26-15-16(2)12-19-8-5-11-28-19)25-10-9-24-20(27)14-17-6-4-7-18(22)13-17/h4-8,11,13,16H,3,9-10,12,14-15H2,1-2H3,(H,24,27)(H2,23,25,26). The van der Waals surface area contributed by atoms with Gasteiger partial charge >= 0.3 is 0 Å². The first-order chi connectivity index (χ1) is 13.6. The van der Waals surface area contributed by atoms with E-state index in [1.54, 1.807) is 23.5 Å². The Labute approximate surface area is 170 Å². The van der Waals surface area contributed by atoms with Gasteiger partial charge in [-0.05, 0) is 48.4 Å². The number of benzene rings is 1. The molecule has 1 aromatic heterocycles. The Morgan fingerprint density at radius 3 is 2.71 bits per heavy atom. The minimum Gasteiger partial charge on any atom is -0.357 e. The van der Waals surface area contributed by atoms with E-state index in [9.17, 15) is 9.18 Å². The van der Waals surface area contributed by atoms with Crippen molar-refractivity contribution in [2.75, 3.05) is 26.2 Å². The van der Waals surface area contributed by atoms with E-state index >= 15 is 0 Å². The number of halogens is 1. The number of rotatable bonds is 10. The van der Waals surface area contributed by atoms with Crippen LogP contribution < -0.4 is 16.0 Å². The van der Waals surface area contributed by atoms with Crippen LogP contribution in [0.4, 0.5) is 4.39 Å². The van der Waals surface area contributed by atoms with Crippen molar-refractivity contribution in [1.82, 2.24) is 16.0 Å². The van der Waals surface area contributed by atoms with Gasteiger partial charge in [0, 0.05) is 31.1 Å². The lowest BCUT2D eigenvalue weighted by Gasteiger charge is -2.13. The molecule has 1 heterocycles. The second kappa shape index (κ2) is 12.1. The number of nitrogens with zero attached hydrogens (tertiary/aromatic N) is 1. The number of aliphatic imine (C=N–C) groups is 1. The summed E-state index contributed by atoms with van der Waals surface area (Å²) in [6.45, 7) is 6.77. The molecule has 0 saturated heterocycles. The summed E-state index contributed by atoms with van der Waals surface area (Å²) in [5, 5.41) is 11.4. The maximum atomic E-state index is 13.2. The Morgan fingerprint density at radius 1 is 1.18 bits per heavy atom. The molecule has 1 aromatic carbocycles. The number of carbonyl (C=O) groups is 1. The van der Waals surface area contributed by atoms with Gasteiger partial charge < -0.3 is 16.0 Å². The van der Waals surface area contributed by atoms with Gasteiger partial charge in [-0.15, -0.1) is 11.3 Å². The van der Waals surface area contributed by atoms with Gasteiger partial charge in [-0.25, -0.2) is 4.39 Å². The van der Waals surface area contributed by atoms with Crippen molar-refractivity contribution >= 4 is 23.2 Å². The van der Waals surface area contributed by atoms with Crippen LogP contribution in [0.25, 0.3) is 0 Å². The van der Waals surface area contributed by atoms with Gasteiger partial charge in [0.15, 0.2) is 5.96 Å². The predicted octanol–water partition coefficient (Wildman–Crippen LogP) is 2.98. The van der Waals surface area contributed by atoms with Gasteiger partial charge in [-0.2, -0.15) is 0 Å². The Kier molecular flexibility index (Phi) is 9.48. The minimum atomic E-state index is -0.327. The van der Waals surface area contributed by atoms with Crippen molar-refractivity contribution in [3.63, 3.8) is 0 Å². The molecule has 1 atom stereocenters. The summed E-state index contributed by atoms with van der Waals surface area (Å²) in [4.78, 5) is 18.0. The van der Waals surface area contributed by atoms with E-state index in [0.717, 1.165) is 25.5 Å². The molecule has 2 aromatic rings. The number of thiophene rings is 1. The molecule has 5 nitrogen and oxygen atoms in total. The molecule has 2 rings (SSSR count). The molecule has 0 aliphatic heterocycles. The van der Waals surface area contributed by atoms with Crippen LogP contribution in [0.3, 0.4) is 0 Å². The summed E-state index contributed by atoms with van der Waals surface area (Å²) >= 11 is 1.78. The number of hydrogen-bond acceptors (Lipinski definition) is 3. The van der Waals surface area contributed by atoms with E-state index < -0.39 is 0 Å². The van der Waals surface area contributed by atoms with Crippen LogP contribution in [0, 0.1) is 11.7 Å². The van der Waals surface area contributed by atoms with Gasteiger partial charge in [0.2, 0.25) is 5.91 Å². The van der Waals surface area contributed by atoms with Crippen LogP contribution in [0.1, 0.15) is 24.3 Å². The predicted molar refractivity (Wildman–Crippen MR) is 114 cm³/mol. The molecule has 0 spiro atoms. The molecule has 0 aliphatic carbocycles. The SMILES string of the molecule is CCNC(=NCC(C)Cc1cccs1)NCCNC(=O)Cc1cccc(F)c1. The number of hydrogen-bond donors (Lipinski definition) is 3. The largest absolute Gasteiger partial charge is 0.357 e. The fourth-order valence-electron chi connectivity index (χ4n) is 2.70. The normalized spacial score (nSPS) is 12.5. The molecular weight excluding hydrogens is 375 g/mol. The zero-order valence-corrected chi connectivity index (χ0v) is 17.3. The molecule has 1 unspecified atom stereocenters. The monoisotopic (exact) mass is 404 g/mol. The van der Waals surface area contributed by atoms with Gasteiger partial charge in [-0.1, -0.05) is 25.1 Å². The number of amides is 1. The van der Waals surface area contributed by atoms with Gasteiger partial charge in [-0.3, -0.25) is 9.79 Å². The molecule has 0 radical (unpaired) electrons. The lowest BCUT2D eigenvalue weighted by Crippen LogP contribution is -2.42. The highest BCUT2D eigenvalue weighted by Crippen LogP contribution is 2.14. The Hall–Kier alpha value is -2.41. The maximum Gasteiger partial charge on any atom is 0.224 e. The lowest BCUT2D eigenvalue weighted by atomic mass is 10.1. The quantitative estimate of drug-likeness (QED) is 0.324. The molecule has 0 bridgehead atoms. The topological polar surface area (TPSA) is 65.5 Å². The van der Waals surface area contributed by atoms with Gasteiger partial charge in [0.05, 0.1) is 6.42 Å². The summed E-state index contributed by atoms with van der Waals surface area (Å²) in [5.41, 5.74) is 0.667. The van der Waals surface area contributed by atoms with Crippen molar-refractivity contribution in [3.8, 4) is 0 Å². The van der Waals surface area contributed by atoms with Crippen LogP contribution in [-0.4, -0.2) is 38.0 Å². The molecule has 0 saturated carbocycles. The van der Waals surface area contributed by atoms with Crippen LogP contribution in [0.2, 0.25) is 0 Å². The summed E-state index contributed by atoms with van der Waals surface area (Å²) in [5.74, 6) is 0.755. The minimum absolute atomic E-state index is 0.126.